The van der Waals surface area contributed by atoms with E-state index in [0.29, 0.717) is 17.7 Å². The van der Waals surface area contributed by atoms with E-state index < -0.39 is 7.60 Å². The number of amidine groups is 1. The second kappa shape index (κ2) is 7.69. The van der Waals surface area contributed by atoms with Gasteiger partial charge in [0.25, 0.3) is 0 Å². The molecule has 0 aromatic heterocycles. The molecule has 1 aliphatic rings. The van der Waals surface area contributed by atoms with Gasteiger partial charge in [-0.3, -0.25) is 25.8 Å². The summed E-state index contributed by atoms with van der Waals surface area (Å²) in [7, 11) is -3.72. The predicted molar refractivity (Wildman–Crippen MR) is 97.2 cm³/mol. The fourth-order valence-electron chi connectivity index (χ4n) is 2.61. The van der Waals surface area contributed by atoms with Crippen molar-refractivity contribution < 1.29 is 14.0 Å². The Morgan fingerprint density at radius 3 is 2.76 bits per heavy atom. The lowest BCUT2D eigenvalue weighted by atomic mass is 10.0. The van der Waals surface area contributed by atoms with Crippen LogP contribution in [0.1, 0.15) is 23.6 Å². The molecule has 2 rings (SSSR count). The number of nitrogens with one attached hydrogen (secondary N) is 3. The molecule has 25 heavy (non-hydrogen) atoms. The molecule has 0 saturated carbocycles. The number of rotatable bonds is 8. The largest absolute Gasteiger partial charge is 0.384 e. The molecule has 0 aliphatic heterocycles. The summed E-state index contributed by atoms with van der Waals surface area (Å²) in [6, 6.07) is 5.46. The van der Waals surface area contributed by atoms with Gasteiger partial charge in [0, 0.05) is 11.1 Å². The number of benzene rings is 1. The van der Waals surface area contributed by atoms with Crippen molar-refractivity contribution in [2.24, 2.45) is 11.5 Å². The number of nitrogens with two attached hydrogens (primary N) is 2. The van der Waals surface area contributed by atoms with Gasteiger partial charge in [0.05, 0.1) is 25.0 Å². The lowest BCUT2D eigenvalue weighted by Gasteiger charge is -2.26. The number of hydrogen-bond acceptors (Lipinski definition) is 5. The monoisotopic (exact) mass is 366 g/mol. The molecule has 1 aromatic rings. The van der Waals surface area contributed by atoms with E-state index in [-0.39, 0.29) is 31.1 Å². The summed E-state index contributed by atoms with van der Waals surface area (Å²) in [5.41, 5.74) is 17.3. The molecule has 0 saturated heterocycles. The highest BCUT2D eigenvalue weighted by Crippen LogP contribution is 2.41. The Labute approximate surface area is 146 Å². The van der Waals surface area contributed by atoms with E-state index in [0.717, 1.165) is 11.1 Å². The van der Waals surface area contributed by atoms with E-state index in [4.69, 9.17) is 26.8 Å². The maximum absolute atomic E-state index is 11.8. The standard InChI is InChI=1S/C15H23N6O3P/c1-2-24-25(22,23)9-8-21(15(18)19)20-13-7-6-10-11(13)4-3-5-12(10)14(16)17/h3-5,7,20H,2,6,8-9H2,1H3,(H3,16,17)(H3,18,19)(H,22,23). The molecule has 0 bridgehead atoms. The van der Waals surface area contributed by atoms with Crippen molar-refractivity contribution in [1.29, 1.82) is 10.8 Å². The van der Waals surface area contributed by atoms with Crippen LogP contribution in [0, 0.1) is 10.8 Å². The van der Waals surface area contributed by atoms with E-state index in [9.17, 15) is 9.46 Å². The van der Waals surface area contributed by atoms with Crippen LogP contribution < -0.4 is 16.9 Å². The molecule has 1 atom stereocenters. The first-order chi connectivity index (χ1) is 11.7. The van der Waals surface area contributed by atoms with Crippen molar-refractivity contribution in [2.45, 2.75) is 13.3 Å². The Morgan fingerprint density at radius 2 is 2.16 bits per heavy atom. The van der Waals surface area contributed by atoms with Gasteiger partial charge < -0.3 is 20.9 Å². The van der Waals surface area contributed by atoms with Crippen LogP contribution in [0.3, 0.4) is 0 Å². The van der Waals surface area contributed by atoms with Gasteiger partial charge in [0.1, 0.15) is 5.84 Å². The van der Waals surface area contributed by atoms with Crippen molar-refractivity contribution in [2.75, 3.05) is 19.3 Å². The molecule has 1 aromatic carbocycles. The molecule has 0 heterocycles. The third-order valence-electron chi connectivity index (χ3n) is 3.75. The second-order valence-electron chi connectivity index (χ2n) is 5.49. The molecular weight excluding hydrogens is 343 g/mol. The van der Waals surface area contributed by atoms with Gasteiger partial charge >= 0.3 is 7.60 Å². The number of hydrazine groups is 1. The highest BCUT2D eigenvalue weighted by molar-refractivity contribution is 7.52. The van der Waals surface area contributed by atoms with E-state index >= 15 is 0 Å². The third-order valence-corrected chi connectivity index (χ3v) is 5.18. The Balaban J connectivity index is 2.13. The number of allylic oxidation sites excluding steroid dienone is 1. The van der Waals surface area contributed by atoms with Gasteiger partial charge in [-0.25, -0.2) is 0 Å². The van der Waals surface area contributed by atoms with Crippen LogP contribution >= 0.6 is 7.60 Å². The molecule has 0 radical (unpaired) electrons. The molecule has 0 fully saturated rings. The van der Waals surface area contributed by atoms with Gasteiger partial charge in [0.2, 0.25) is 5.96 Å². The Hall–Kier alpha value is -2.35. The van der Waals surface area contributed by atoms with Crippen LogP contribution in [-0.4, -0.2) is 41.0 Å². The number of guanidine groups is 1. The minimum atomic E-state index is -3.72. The van der Waals surface area contributed by atoms with Gasteiger partial charge in [-0.1, -0.05) is 24.3 Å². The first-order valence-corrected chi connectivity index (χ1v) is 9.53. The zero-order chi connectivity index (χ0) is 18.6. The zero-order valence-corrected chi connectivity index (χ0v) is 14.8. The average Bonchev–Trinajstić information content (AvgIpc) is 2.93. The number of nitrogen functional groups attached to an aromatic ring is 1. The van der Waals surface area contributed by atoms with Crippen molar-refractivity contribution in [3.8, 4) is 0 Å². The Bertz CT molecular complexity index is 764. The quantitative estimate of drug-likeness (QED) is 0.171. The second-order valence-corrected chi connectivity index (χ2v) is 7.48. The van der Waals surface area contributed by atoms with E-state index in [1.165, 1.54) is 5.01 Å². The summed E-state index contributed by atoms with van der Waals surface area (Å²) in [6.45, 7) is 1.80. The van der Waals surface area contributed by atoms with Crippen molar-refractivity contribution in [1.82, 2.24) is 10.4 Å². The van der Waals surface area contributed by atoms with Gasteiger partial charge in [-0.15, -0.1) is 0 Å². The highest BCUT2D eigenvalue weighted by Gasteiger charge is 2.23. The number of nitrogens with zero attached hydrogens (tertiary/aromatic N) is 1. The van der Waals surface area contributed by atoms with Crippen LogP contribution in [0.4, 0.5) is 0 Å². The van der Waals surface area contributed by atoms with Crippen molar-refractivity contribution in [3.05, 3.63) is 41.0 Å². The average molecular weight is 366 g/mol. The molecule has 0 spiro atoms. The van der Waals surface area contributed by atoms with E-state index in [2.05, 4.69) is 5.43 Å². The lowest BCUT2D eigenvalue weighted by molar-refractivity contribution is 0.267. The molecule has 10 heteroatoms. The smallest absolute Gasteiger partial charge is 0.329 e. The SMILES string of the molecule is CCOP(=O)(O)CCN(NC1=CCc2c(C(=N)N)cccc21)C(=N)N. The molecule has 8 N–H and O–H groups in total. The van der Waals surface area contributed by atoms with Gasteiger partial charge in [-0.05, 0) is 18.9 Å². The molecule has 1 unspecified atom stereocenters. The number of hydrogen-bond donors (Lipinski definition) is 6. The summed E-state index contributed by atoms with van der Waals surface area (Å²) in [5.74, 6) is -0.290. The minimum Gasteiger partial charge on any atom is -0.384 e. The highest BCUT2D eigenvalue weighted by atomic mass is 31.2. The molecule has 136 valence electrons. The first kappa shape index (κ1) is 19.0. The zero-order valence-electron chi connectivity index (χ0n) is 14.0. The van der Waals surface area contributed by atoms with Crippen molar-refractivity contribution >= 4 is 25.1 Å². The predicted octanol–water partition coefficient (Wildman–Crippen LogP) is 0.790. The number of fused-ring (bicyclic) bond motifs is 1. The summed E-state index contributed by atoms with van der Waals surface area (Å²) >= 11 is 0. The summed E-state index contributed by atoms with van der Waals surface area (Å²) in [6.07, 6.45) is 2.33. The van der Waals surface area contributed by atoms with Crippen LogP contribution in [0.5, 0.6) is 0 Å². The lowest BCUT2D eigenvalue weighted by Crippen LogP contribution is -2.46. The maximum Gasteiger partial charge on any atom is 0.329 e. The molecular formula is C15H23N6O3P. The first-order valence-electron chi connectivity index (χ1n) is 7.76. The van der Waals surface area contributed by atoms with Gasteiger partial charge in [-0.2, -0.15) is 0 Å². The summed E-state index contributed by atoms with van der Waals surface area (Å²) in [5, 5.41) is 16.6. The fraction of sp³-hybridized carbons (Fsp3) is 0.333. The van der Waals surface area contributed by atoms with Crippen molar-refractivity contribution in [3.63, 3.8) is 0 Å². The van der Waals surface area contributed by atoms with Crippen LogP contribution in [0.25, 0.3) is 5.70 Å². The van der Waals surface area contributed by atoms with Gasteiger partial charge in [0.15, 0.2) is 0 Å². The third kappa shape index (κ3) is 4.60. The summed E-state index contributed by atoms with van der Waals surface area (Å²) < 4.78 is 16.6. The van der Waals surface area contributed by atoms with E-state index in [1.807, 2.05) is 12.1 Å². The minimum absolute atomic E-state index is 0.00661. The molecule has 0 amide bonds. The molecule has 9 nitrogen and oxygen atoms in total. The molecule has 1 aliphatic carbocycles. The maximum atomic E-state index is 11.8. The van der Waals surface area contributed by atoms with Crippen LogP contribution in [0.15, 0.2) is 24.3 Å². The fourth-order valence-corrected chi connectivity index (χ4v) is 3.59. The summed E-state index contributed by atoms with van der Waals surface area (Å²) in [4.78, 5) is 9.68. The van der Waals surface area contributed by atoms with Crippen LogP contribution in [0.2, 0.25) is 0 Å². The van der Waals surface area contributed by atoms with E-state index in [1.54, 1.807) is 19.1 Å². The van der Waals surface area contributed by atoms with Crippen LogP contribution in [-0.2, 0) is 15.5 Å². The topological polar surface area (TPSA) is 162 Å². The Kier molecular flexibility index (Phi) is 5.84. The Morgan fingerprint density at radius 1 is 1.44 bits per heavy atom. The normalized spacial score (nSPS) is 15.0.